The third kappa shape index (κ3) is 14.3. The van der Waals surface area contributed by atoms with E-state index >= 15 is 0 Å². The van der Waals surface area contributed by atoms with Crippen LogP contribution >= 0.6 is 0 Å². The van der Waals surface area contributed by atoms with E-state index in [4.69, 9.17) is 39.7 Å². The predicted octanol–water partition coefficient (Wildman–Crippen LogP) is 3.68. The van der Waals surface area contributed by atoms with Crippen LogP contribution in [0.25, 0.3) is 31.3 Å². The molecule has 17 heteroatoms. The van der Waals surface area contributed by atoms with Crippen LogP contribution in [0.5, 0.6) is 0 Å². The first-order chi connectivity index (χ1) is 17.9. The topological polar surface area (TPSA) is 227 Å². The Bertz CT molecular complexity index is 986. The van der Waals surface area contributed by atoms with Crippen molar-refractivity contribution in [1.82, 2.24) is 0 Å². The zero-order valence-electron chi connectivity index (χ0n) is 20.6. The molecule has 0 spiro atoms. The lowest BCUT2D eigenvalue weighted by molar-refractivity contribution is -0.0153. The van der Waals surface area contributed by atoms with Gasteiger partial charge >= 0.3 is 0 Å². The van der Waals surface area contributed by atoms with E-state index in [1.165, 1.54) is 12.1 Å². The van der Waals surface area contributed by atoms with Crippen LogP contribution in [0.3, 0.4) is 0 Å². The molecule has 16 nitrogen and oxygen atoms in total. The van der Waals surface area contributed by atoms with Crippen LogP contribution in [-0.4, -0.2) is 87.5 Å². The van der Waals surface area contributed by atoms with E-state index in [1.54, 1.807) is 12.1 Å². The molecule has 1 aromatic rings. The average Bonchev–Trinajstić information content (AvgIpc) is 2.89. The molecule has 37 heavy (non-hydrogen) atoms. The Morgan fingerprint density at radius 3 is 1.54 bits per heavy atom. The fourth-order valence-corrected chi connectivity index (χ4v) is 3.65. The highest BCUT2D eigenvalue weighted by molar-refractivity contribution is 7.86. The van der Waals surface area contributed by atoms with Gasteiger partial charge in [0.25, 0.3) is 10.1 Å². The number of hydrogen-bond donors (Lipinski definition) is 0. The SMILES string of the molecule is Cc1ccc(S(=O)(=O)OCCOCCOCCOCCOCC(CN=[N+]=[N-])(CN=[N+]=[N-])CN=[N+]=[N-])cc1. The second-order valence-corrected chi connectivity index (χ2v) is 9.26. The van der Waals surface area contributed by atoms with Crippen molar-refractivity contribution in [2.45, 2.75) is 11.8 Å². The first-order valence-corrected chi connectivity index (χ1v) is 12.6. The Hall–Kier alpha value is -3.10. The lowest BCUT2D eigenvalue weighted by atomic mass is 9.89. The van der Waals surface area contributed by atoms with Crippen LogP contribution in [0, 0.1) is 12.3 Å². The molecule has 0 saturated carbocycles. The molecule has 0 atom stereocenters. The molecule has 0 aromatic heterocycles. The Balaban J connectivity index is 2.11. The standard InChI is InChI=1S/C20H31N9O7S/c1-18-2-4-19(5-3-18)37(30,31)36-13-12-34-9-8-32-6-7-33-10-11-35-17-20(14-24-27-21,15-25-28-22)16-26-29-23/h2-5H,6-17H2,1H3. The molecule has 0 radical (unpaired) electrons. The molecule has 0 aliphatic rings. The van der Waals surface area contributed by atoms with E-state index < -0.39 is 15.5 Å². The van der Waals surface area contributed by atoms with E-state index in [9.17, 15) is 8.42 Å². The highest BCUT2D eigenvalue weighted by Crippen LogP contribution is 2.21. The Morgan fingerprint density at radius 2 is 1.11 bits per heavy atom. The van der Waals surface area contributed by atoms with Gasteiger partial charge in [0.05, 0.1) is 64.4 Å². The quantitative estimate of drug-likeness (QED) is 0.0694. The van der Waals surface area contributed by atoms with Crippen LogP contribution in [0.2, 0.25) is 0 Å². The van der Waals surface area contributed by atoms with E-state index in [2.05, 4.69) is 30.1 Å². The summed E-state index contributed by atoms with van der Waals surface area (Å²) in [7, 11) is -3.81. The fraction of sp³-hybridized carbons (Fsp3) is 0.700. The molecular weight excluding hydrogens is 510 g/mol. The number of rotatable bonds is 22. The molecule has 0 heterocycles. The number of aryl methyl sites for hydroxylation is 1. The van der Waals surface area contributed by atoms with Crippen LogP contribution in [0.15, 0.2) is 44.5 Å². The lowest BCUT2D eigenvalue weighted by Gasteiger charge is -2.28. The molecule has 1 rings (SSSR count). The monoisotopic (exact) mass is 541 g/mol. The molecule has 0 aliphatic carbocycles. The molecule has 1 aromatic carbocycles. The molecule has 0 unspecified atom stereocenters. The normalized spacial score (nSPS) is 12.6. The third-order valence-corrected chi connectivity index (χ3v) is 6.03. The van der Waals surface area contributed by atoms with Crippen LogP contribution in [0.1, 0.15) is 5.56 Å². The largest absolute Gasteiger partial charge is 0.378 e. The summed E-state index contributed by atoms with van der Waals surface area (Å²) in [6.07, 6.45) is 0. The average molecular weight is 542 g/mol. The maximum Gasteiger partial charge on any atom is 0.297 e. The minimum absolute atomic E-state index is 0.0390. The molecule has 0 fully saturated rings. The maximum atomic E-state index is 12.0. The van der Waals surface area contributed by atoms with Gasteiger partial charge in [-0.1, -0.05) is 33.0 Å². The fourth-order valence-electron chi connectivity index (χ4n) is 2.76. The van der Waals surface area contributed by atoms with Crippen molar-refractivity contribution in [3.05, 3.63) is 61.2 Å². The van der Waals surface area contributed by atoms with Crippen LogP contribution < -0.4 is 0 Å². The lowest BCUT2D eigenvalue weighted by Crippen LogP contribution is -2.37. The van der Waals surface area contributed by atoms with Gasteiger partial charge in [-0.15, -0.1) is 0 Å². The summed E-state index contributed by atoms with van der Waals surface area (Å²) < 4.78 is 50.6. The molecule has 204 valence electrons. The molecule has 0 amide bonds. The van der Waals surface area contributed by atoms with Crippen molar-refractivity contribution in [3.63, 3.8) is 0 Å². The molecule has 0 N–H and O–H groups in total. The zero-order chi connectivity index (χ0) is 27.2. The van der Waals surface area contributed by atoms with Gasteiger partial charge in [0.15, 0.2) is 0 Å². The van der Waals surface area contributed by atoms with Gasteiger partial charge in [0, 0.05) is 39.8 Å². The van der Waals surface area contributed by atoms with E-state index in [0.29, 0.717) is 19.8 Å². The Kier molecular flexibility index (Phi) is 16.5. The van der Waals surface area contributed by atoms with Gasteiger partial charge in [-0.2, -0.15) is 8.42 Å². The van der Waals surface area contributed by atoms with Gasteiger partial charge in [-0.05, 0) is 35.6 Å². The van der Waals surface area contributed by atoms with Crippen molar-refractivity contribution < 1.29 is 31.5 Å². The first-order valence-electron chi connectivity index (χ1n) is 11.2. The van der Waals surface area contributed by atoms with Crippen molar-refractivity contribution in [3.8, 4) is 0 Å². The van der Waals surface area contributed by atoms with E-state index in [0.717, 1.165) is 5.56 Å². The summed E-state index contributed by atoms with van der Waals surface area (Å²) in [5, 5.41) is 10.5. The molecular formula is C20H31N9O7S. The van der Waals surface area contributed by atoms with Gasteiger partial charge < -0.3 is 18.9 Å². The van der Waals surface area contributed by atoms with E-state index in [-0.39, 0.29) is 64.2 Å². The summed E-state index contributed by atoms with van der Waals surface area (Å²) in [5.41, 5.74) is 25.8. The smallest absolute Gasteiger partial charge is 0.297 e. The zero-order valence-corrected chi connectivity index (χ0v) is 21.4. The second-order valence-electron chi connectivity index (χ2n) is 7.65. The Labute approximate surface area is 214 Å². The number of ether oxygens (including phenoxy) is 4. The van der Waals surface area contributed by atoms with Gasteiger partial charge in [-0.3, -0.25) is 4.18 Å². The minimum Gasteiger partial charge on any atom is -0.378 e. The maximum absolute atomic E-state index is 12.0. The minimum atomic E-state index is -3.81. The van der Waals surface area contributed by atoms with Crippen molar-refractivity contribution in [2.24, 2.45) is 20.8 Å². The summed E-state index contributed by atoms with van der Waals surface area (Å²) >= 11 is 0. The summed E-state index contributed by atoms with van der Waals surface area (Å²) in [5.74, 6) is 0. The summed E-state index contributed by atoms with van der Waals surface area (Å²) in [6, 6.07) is 6.38. The molecule has 0 saturated heterocycles. The highest BCUT2D eigenvalue weighted by atomic mass is 32.2. The van der Waals surface area contributed by atoms with Crippen molar-refractivity contribution in [2.75, 3.05) is 79.1 Å². The van der Waals surface area contributed by atoms with Crippen molar-refractivity contribution in [1.29, 1.82) is 0 Å². The summed E-state index contributed by atoms with van der Waals surface area (Å²) in [6.45, 7) is 3.36. The van der Waals surface area contributed by atoms with Gasteiger partial charge in [0.2, 0.25) is 0 Å². The van der Waals surface area contributed by atoms with Crippen LogP contribution in [-0.2, 0) is 33.2 Å². The number of hydrogen-bond acceptors (Lipinski definition) is 10. The van der Waals surface area contributed by atoms with Crippen molar-refractivity contribution >= 4 is 10.1 Å². The second kappa shape index (κ2) is 19.1. The van der Waals surface area contributed by atoms with Crippen LogP contribution in [0.4, 0.5) is 0 Å². The number of nitrogens with zero attached hydrogens (tertiary/aromatic N) is 9. The highest BCUT2D eigenvalue weighted by Gasteiger charge is 2.29. The number of azide groups is 3. The van der Waals surface area contributed by atoms with E-state index in [1.807, 2.05) is 6.92 Å². The van der Waals surface area contributed by atoms with Gasteiger partial charge in [0.1, 0.15) is 0 Å². The third-order valence-electron chi connectivity index (χ3n) is 4.71. The number of benzene rings is 1. The first kappa shape index (κ1) is 31.9. The predicted molar refractivity (Wildman–Crippen MR) is 132 cm³/mol. The molecule has 0 bridgehead atoms. The molecule has 0 aliphatic heterocycles. The Morgan fingerprint density at radius 1 is 0.703 bits per heavy atom. The summed E-state index contributed by atoms with van der Waals surface area (Å²) in [4.78, 5) is 8.19. The van der Waals surface area contributed by atoms with Gasteiger partial charge in [-0.25, -0.2) is 0 Å².